The Hall–Kier alpha value is -3.42. The molecule has 3 unspecified atom stereocenters. The number of nitrogens with zero attached hydrogens (tertiary/aromatic N) is 6. The van der Waals surface area contributed by atoms with Crippen LogP contribution >= 0.6 is 0 Å². The SMILES string of the molecule is CC(=O)N1CCC(C(=O)N2CC3CCC2CN3C2=CC=C3C(=[N+]2)N(C)C(=O)[N+]3(CC(C)(C)C)OC(=O)C(F)(F)F)CC1. The third-order valence-corrected chi connectivity index (χ3v) is 8.71. The second-order valence-electron chi connectivity index (χ2n) is 13.0. The van der Waals surface area contributed by atoms with E-state index in [0.717, 1.165) is 17.7 Å². The van der Waals surface area contributed by atoms with Crippen molar-refractivity contribution in [2.24, 2.45) is 11.3 Å². The number of fused-ring (bicyclic) bond motifs is 4. The molecule has 6 aliphatic rings. The van der Waals surface area contributed by atoms with Crippen molar-refractivity contribution < 1.29 is 41.8 Å². The molecule has 0 aromatic carbocycles. The molecule has 42 heavy (non-hydrogen) atoms. The number of carbonyl (C=O) groups excluding carboxylic acids is 4. The van der Waals surface area contributed by atoms with E-state index in [0.29, 0.717) is 44.8 Å². The molecule has 6 aliphatic heterocycles. The van der Waals surface area contributed by atoms with E-state index < -0.39 is 28.2 Å². The third-order valence-electron chi connectivity index (χ3n) is 8.71. The highest BCUT2D eigenvalue weighted by Gasteiger charge is 2.67. The van der Waals surface area contributed by atoms with Gasteiger partial charge in [0.05, 0.1) is 32.2 Å². The number of hydrogen-bond donors (Lipinski definition) is 0. The Morgan fingerprint density at radius 1 is 1.02 bits per heavy atom. The number of amides is 4. The Bertz CT molecular complexity index is 1280. The third kappa shape index (κ3) is 5.29. The number of carbonyl (C=O) groups is 4. The summed E-state index contributed by atoms with van der Waals surface area (Å²) in [4.78, 5) is 67.3. The van der Waals surface area contributed by atoms with Crippen molar-refractivity contribution in [2.45, 2.75) is 71.6 Å². The van der Waals surface area contributed by atoms with E-state index in [4.69, 9.17) is 9.83 Å². The number of allylic oxidation sites excluding steroid dienone is 2. The van der Waals surface area contributed by atoms with Crippen LogP contribution in [0.2, 0.25) is 0 Å². The van der Waals surface area contributed by atoms with Crippen molar-refractivity contribution in [2.75, 3.05) is 39.8 Å². The summed E-state index contributed by atoms with van der Waals surface area (Å²) < 4.78 is 38.6. The topological polar surface area (TPSA) is 105 Å². The summed E-state index contributed by atoms with van der Waals surface area (Å²) >= 11 is 0. The van der Waals surface area contributed by atoms with Crippen LogP contribution in [-0.4, -0.2) is 112 Å². The molecule has 11 nitrogen and oxygen atoms in total. The van der Waals surface area contributed by atoms with Gasteiger partial charge in [0.25, 0.3) is 11.5 Å². The fraction of sp³-hybridized carbons (Fsp3) is 0.679. The average molecular weight is 596 g/mol. The molecule has 0 saturated carbocycles. The summed E-state index contributed by atoms with van der Waals surface area (Å²) in [5, 5.41) is 0. The minimum Gasteiger partial charge on any atom is -0.343 e. The Labute approximate surface area is 242 Å². The van der Waals surface area contributed by atoms with E-state index in [1.54, 1.807) is 38.7 Å². The standard InChI is InChI=1S/C28H38F3N6O5/c1-17(38)34-12-10-18(11-13-34)24(39)36-15-19-6-7-20(36)14-35(19)22-9-8-21-23(32-22)33(5)26(41)37(21,16-27(2,3)4)42-25(40)28(29,30)31/h8-9,18-20H,6-7,10-16H2,1-5H3/q+2. The van der Waals surface area contributed by atoms with Crippen LogP contribution in [0.15, 0.2) is 23.7 Å². The maximum absolute atomic E-state index is 13.5. The number of likely N-dealkylation sites (tertiary alicyclic amines) is 1. The molecule has 3 atom stereocenters. The molecule has 0 aromatic heterocycles. The number of amidine groups is 1. The van der Waals surface area contributed by atoms with Gasteiger partial charge in [-0.25, -0.2) is 9.63 Å². The molecule has 4 amide bonds. The van der Waals surface area contributed by atoms with Gasteiger partial charge >= 0.3 is 24.0 Å². The summed E-state index contributed by atoms with van der Waals surface area (Å²) in [5.41, 5.74) is -0.623. The number of piperazine rings is 1. The minimum absolute atomic E-state index is 0.0129. The number of rotatable bonds is 4. The molecule has 0 spiro atoms. The number of quaternary nitrogens is 1. The highest BCUT2D eigenvalue weighted by molar-refractivity contribution is 6.10. The Balaban J connectivity index is 1.37. The molecule has 5 saturated heterocycles. The van der Waals surface area contributed by atoms with Crippen molar-refractivity contribution in [3.63, 3.8) is 0 Å². The van der Waals surface area contributed by atoms with Crippen LogP contribution < -0.4 is 4.99 Å². The molecule has 0 aromatic rings. The first-order valence-electron chi connectivity index (χ1n) is 14.3. The molecular formula is C28H38F3N6O5+2. The van der Waals surface area contributed by atoms with Crippen LogP contribution in [0.3, 0.4) is 0 Å². The van der Waals surface area contributed by atoms with Gasteiger partial charge in [0.15, 0.2) is 0 Å². The number of aliphatic imine (C=N–C) groups is 1. The molecule has 6 heterocycles. The van der Waals surface area contributed by atoms with E-state index in [1.165, 1.54) is 13.1 Å². The van der Waals surface area contributed by atoms with Crippen LogP contribution in [0.5, 0.6) is 0 Å². The van der Waals surface area contributed by atoms with Crippen LogP contribution in [0.4, 0.5) is 18.0 Å². The molecule has 229 valence electrons. The largest absolute Gasteiger partial charge is 0.529 e. The number of urea groups is 1. The van der Waals surface area contributed by atoms with E-state index in [2.05, 4.69) is 4.90 Å². The van der Waals surface area contributed by atoms with Crippen LogP contribution in [0, 0.1) is 11.3 Å². The van der Waals surface area contributed by atoms with Crippen molar-refractivity contribution in [3.8, 4) is 0 Å². The molecule has 0 aliphatic carbocycles. The molecule has 2 bridgehead atoms. The molecule has 6 rings (SSSR count). The molecule has 14 heteroatoms. The summed E-state index contributed by atoms with van der Waals surface area (Å²) in [5.74, 6) is -1.74. The molecular weight excluding hydrogens is 557 g/mol. The van der Waals surface area contributed by atoms with Crippen LogP contribution in [0.1, 0.15) is 53.4 Å². The lowest BCUT2D eigenvalue weighted by Crippen LogP contribution is -2.65. The second kappa shape index (κ2) is 10.4. The zero-order valence-electron chi connectivity index (χ0n) is 24.6. The summed E-state index contributed by atoms with van der Waals surface area (Å²) in [6.45, 7) is 8.77. The second-order valence-corrected chi connectivity index (χ2v) is 13.0. The van der Waals surface area contributed by atoms with Gasteiger partial charge in [-0.2, -0.15) is 22.9 Å². The summed E-state index contributed by atoms with van der Waals surface area (Å²) in [6.07, 6.45) is 0.875. The Morgan fingerprint density at radius 3 is 2.21 bits per heavy atom. The van der Waals surface area contributed by atoms with Crippen molar-refractivity contribution >= 4 is 29.7 Å². The van der Waals surface area contributed by atoms with Gasteiger partial charge in [-0.3, -0.25) is 14.5 Å². The van der Waals surface area contributed by atoms with Crippen molar-refractivity contribution in [3.05, 3.63) is 23.7 Å². The lowest BCUT2D eigenvalue weighted by molar-refractivity contribution is -0.992. The Kier molecular flexibility index (Phi) is 7.43. The van der Waals surface area contributed by atoms with E-state index >= 15 is 0 Å². The Morgan fingerprint density at radius 2 is 1.67 bits per heavy atom. The zero-order chi connectivity index (χ0) is 30.8. The number of hydrogen-bond acceptors (Lipinski definition) is 7. The first-order valence-corrected chi connectivity index (χ1v) is 14.3. The monoisotopic (exact) mass is 595 g/mol. The quantitative estimate of drug-likeness (QED) is 0.463. The van der Waals surface area contributed by atoms with E-state index in [-0.39, 0.29) is 47.9 Å². The number of piperidine rings is 3. The maximum atomic E-state index is 13.5. The fourth-order valence-corrected chi connectivity index (χ4v) is 6.75. The molecule has 0 N–H and O–H groups in total. The zero-order valence-corrected chi connectivity index (χ0v) is 24.6. The summed E-state index contributed by atoms with van der Waals surface area (Å²) in [7, 11) is 1.40. The predicted molar refractivity (Wildman–Crippen MR) is 143 cm³/mol. The van der Waals surface area contributed by atoms with E-state index in [9.17, 15) is 32.3 Å². The summed E-state index contributed by atoms with van der Waals surface area (Å²) in [6, 6.07) is -0.873. The van der Waals surface area contributed by atoms with Crippen molar-refractivity contribution in [1.29, 1.82) is 0 Å². The van der Waals surface area contributed by atoms with Crippen LogP contribution in [-0.2, 0) is 19.2 Å². The number of alkyl halides is 3. The van der Waals surface area contributed by atoms with Gasteiger partial charge in [0, 0.05) is 48.1 Å². The van der Waals surface area contributed by atoms with Gasteiger partial charge in [-0.05, 0) is 25.7 Å². The maximum Gasteiger partial charge on any atom is 0.529 e. The lowest BCUT2D eigenvalue weighted by Gasteiger charge is -2.50. The average Bonchev–Trinajstić information content (AvgIpc) is 3.12. The van der Waals surface area contributed by atoms with Gasteiger partial charge in [0.1, 0.15) is 6.54 Å². The lowest BCUT2D eigenvalue weighted by atomic mass is 9.87. The number of halogens is 3. The normalized spacial score (nSPS) is 28.4. The number of likely N-dealkylation sites (N-methyl/N-ethyl adjacent to an activating group) is 1. The molecule has 1 radical (unpaired) electrons. The fourth-order valence-electron chi connectivity index (χ4n) is 6.75. The smallest absolute Gasteiger partial charge is 0.343 e. The minimum atomic E-state index is -5.28. The highest BCUT2D eigenvalue weighted by atomic mass is 19.4. The van der Waals surface area contributed by atoms with E-state index in [1.807, 2.05) is 4.90 Å². The molecule has 5 fully saturated rings. The first kappa shape index (κ1) is 30.1. The number of hydroxylamine groups is 3. The van der Waals surface area contributed by atoms with Gasteiger partial charge in [-0.1, -0.05) is 25.8 Å². The van der Waals surface area contributed by atoms with Crippen LogP contribution in [0.25, 0.3) is 0 Å². The van der Waals surface area contributed by atoms with Gasteiger partial charge < -0.3 is 9.80 Å². The van der Waals surface area contributed by atoms with Crippen molar-refractivity contribution in [1.82, 2.24) is 24.6 Å². The van der Waals surface area contributed by atoms with Gasteiger partial charge in [0.2, 0.25) is 11.8 Å². The van der Waals surface area contributed by atoms with Gasteiger partial charge in [-0.15, -0.1) is 0 Å². The predicted octanol–water partition coefficient (Wildman–Crippen LogP) is 2.34. The first-order chi connectivity index (χ1) is 19.5. The highest BCUT2D eigenvalue weighted by Crippen LogP contribution is 2.39.